The summed E-state index contributed by atoms with van der Waals surface area (Å²) in [5.74, 6) is -0.283. The average Bonchev–Trinajstić information content (AvgIpc) is 2.69. The van der Waals surface area contributed by atoms with E-state index < -0.39 is 17.5 Å². The normalized spacial score (nSPS) is 11.9. The van der Waals surface area contributed by atoms with Gasteiger partial charge < -0.3 is 23.7 Å². The first-order valence-electron chi connectivity index (χ1n) is 8.96. The zero-order valence-electron chi connectivity index (χ0n) is 16.9. The largest absolute Gasteiger partial charge is 0.493 e. The van der Waals surface area contributed by atoms with E-state index in [4.69, 9.17) is 18.6 Å². The van der Waals surface area contributed by atoms with Gasteiger partial charge >= 0.3 is 5.97 Å². The zero-order chi connectivity index (χ0) is 21.3. The number of ether oxygens (including phenoxy) is 3. The first-order chi connectivity index (χ1) is 13.8. The predicted octanol–water partition coefficient (Wildman–Crippen LogP) is 3.95. The third-order valence-corrected chi connectivity index (χ3v) is 4.57. The van der Waals surface area contributed by atoms with E-state index in [1.165, 1.54) is 21.1 Å². The fourth-order valence-electron chi connectivity index (χ4n) is 3.13. The van der Waals surface area contributed by atoms with Gasteiger partial charge in [0.1, 0.15) is 5.58 Å². The molecule has 7 heteroatoms. The summed E-state index contributed by atoms with van der Waals surface area (Å²) in [5, 5.41) is 9.59. The number of carbonyl (C=O) groups is 1. The van der Waals surface area contributed by atoms with Gasteiger partial charge in [-0.3, -0.25) is 4.79 Å². The van der Waals surface area contributed by atoms with Crippen LogP contribution in [-0.4, -0.2) is 31.4 Å². The summed E-state index contributed by atoms with van der Waals surface area (Å²) >= 11 is 0. The quantitative estimate of drug-likeness (QED) is 0.672. The van der Waals surface area contributed by atoms with Gasteiger partial charge in [0.2, 0.25) is 11.2 Å². The molecule has 3 rings (SSSR count). The van der Waals surface area contributed by atoms with Crippen LogP contribution in [0.4, 0.5) is 0 Å². The summed E-state index contributed by atoms with van der Waals surface area (Å²) in [4.78, 5) is 24.6. The lowest BCUT2D eigenvalue weighted by atomic mass is 10.0. The molecule has 2 aromatic carbocycles. The summed E-state index contributed by atoms with van der Waals surface area (Å²) in [7, 11) is 3.01. The van der Waals surface area contributed by atoms with Crippen LogP contribution >= 0.6 is 0 Å². The third kappa shape index (κ3) is 3.76. The van der Waals surface area contributed by atoms with E-state index >= 15 is 0 Å². The van der Waals surface area contributed by atoms with Crippen molar-refractivity contribution < 1.29 is 28.5 Å². The molecule has 1 heterocycles. The van der Waals surface area contributed by atoms with Crippen molar-refractivity contribution in [1.82, 2.24) is 0 Å². The van der Waals surface area contributed by atoms with Crippen molar-refractivity contribution in [2.75, 3.05) is 14.2 Å². The average molecular weight is 398 g/mol. The molecule has 0 amide bonds. The lowest BCUT2D eigenvalue weighted by Gasteiger charge is -2.16. The van der Waals surface area contributed by atoms with Crippen molar-refractivity contribution in [1.29, 1.82) is 0 Å². The van der Waals surface area contributed by atoms with Crippen LogP contribution in [0, 0.1) is 13.8 Å². The highest BCUT2D eigenvalue weighted by molar-refractivity contribution is 5.85. The Bertz CT molecular complexity index is 1140. The minimum absolute atomic E-state index is 0.128. The van der Waals surface area contributed by atoms with Crippen LogP contribution in [0.1, 0.15) is 18.1 Å². The SMILES string of the molecule is COc1ccc(-c2oc3c(C)cc(C)cc3c(=O)c2O[C@H](C)C(=O)O)cc1OC. The smallest absolute Gasteiger partial charge is 0.344 e. The first kappa shape index (κ1) is 20.3. The number of aryl methyl sites for hydroxylation is 2. The van der Waals surface area contributed by atoms with E-state index in [9.17, 15) is 14.7 Å². The van der Waals surface area contributed by atoms with Crippen molar-refractivity contribution >= 4 is 16.9 Å². The van der Waals surface area contributed by atoms with Gasteiger partial charge in [0.05, 0.1) is 19.6 Å². The van der Waals surface area contributed by atoms with Gasteiger partial charge in [-0.25, -0.2) is 4.79 Å². The Balaban J connectivity index is 2.34. The Labute approximate surface area is 167 Å². The summed E-state index contributed by atoms with van der Waals surface area (Å²) < 4.78 is 22.2. The molecule has 0 aliphatic heterocycles. The molecular formula is C22H22O7. The van der Waals surface area contributed by atoms with Gasteiger partial charge in [-0.15, -0.1) is 0 Å². The molecule has 0 fully saturated rings. The Morgan fingerprint density at radius 1 is 1.07 bits per heavy atom. The van der Waals surface area contributed by atoms with Crippen LogP contribution in [0.5, 0.6) is 17.2 Å². The highest BCUT2D eigenvalue weighted by Gasteiger charge is 2.24. The van der Waals surface area contributed by atoms with Crippen LogP contribution < -0.4 is 19.6 Å². The van der Waals surface area contributed by atoms with Crippen molar-refractivity contribution in [2.45, 2.75) is 26.9 Å². The first-order valence-corrected chi connectivity index (χ1v) is 8.96. The van der Waals surface area contributed by atoms with Crippen LogP contribution in [-0.2, 0) is 4.79 Å². The Morgan fingerprint density at radius 2 is 1.76 bits per heavy atom. The molecule has 0 saturated heterocycles. The topological polar surface area (TPSA) is 95.2 Å². The molecule has 0 unspecified atom stereocenters. The number of carboxylic acids is 1. The van der Waals surface area contributed by atoms with E-state index in [1.54, 1.807) is 24.3 Å². The number of benzene rings is 2. The minimum Gasteiger partial charge on any atom is -0.493 e. The molecule has 0 spiro atoms. The van der Waals surface area contributed by atoms with Crippen LogP contribution in [0.3, 0.4) is 0 Å². The van der Waals surface area contributed by atoms with Gasteiger partial charge in [-0.2, -0.15) is 0 Å². The number of hydrogen-bond acceptors (Lipinski definition) is 6. The molecule has 0 aliphatic rings. The Kier molecular flexibility index (Phi) is 5.50. The molecule has 0 aliphatic carbocycles. The van der Waals surface area contributed by atoms with Gasteiger partial charge in [-0.05, 0) is 56.2 Å². The molecule has 0 radical (unpaired) electrons. The van der Waals surface area contributed by atoms with Crippen molar-refractivity contribution in [3.05, 3.63) is 51.7 Å². The predicted molar refractivity (Wildman–Crippen MR) is 108 cm³/mol. The van der Waals surface area contributed by atoms with Crippen LogP contribution in [0.2, 0.25) is 0 Å². The second-order valence-electron chi connectivity index (χ2n) is 6.72. The molecular weight excluding hydrogens is 376 g/mol. The summed E-state index contributed by atoms with van der Waals surface area (Å²) in [6.45, 7) is 5.07. The fraction of sp³-hybridized carbons (Fsp3) is 0.273. The maximum atomic E-state index is 13.2. The molecule has 3 aromatic rings. The summed E-state index contributed by atoms with van der Waals surface area (Å²) in [5.41, 5.74) is 2.15. The Hall–Kier alpha value is -3.48. The summed E-state index contributed by atoms with van der Waals surface area (Å²) in [6.07, 6.45) is -1.24. The standard InChI is InChI=1S/C22H22O7/c1-11-8-12(2)19-15(9-11)18(23)21(28-13(3)22(24)25)20(29-19)14-6-7-16(26-4)17(10-14)27-5/h6-10,13H,1-5H3,(H,24,25)/t13-/m1/s1. The minimum atomic E-state index is -1.24. The van der Waals surface area contributed by atoms with Crippen molar-refractivity contribution in [3.63, 3.8) is 0 Å². The maximum Gasteiger partial charge on any atom is 0.344 e. The van der Waals surface area contributed by atoms with Gasteiger partial charge in [0.25, 0.3) is 0 Å². The van der Waals surface area contributed by atoms with Crippen molar-refractivity contribution in [3.8, 4) is 28.6 Å². The molecule has 0 saturated carbocycles. The van der Waals surface area contributed by atoms with Crippen molar-refractivity contribution in [2.24, 2.45) is 0 Å². The second kappa shape index (κ2) is 7.87. The van der Waals surface area contributed by atoms with Gasteiger partial charge in [-0.1, -0.05) is 6.07 Å². The number of rotatable bonds is 6. The lowest BCUT2D eigenvalue weighted by molar-refractivity contribution is -0.144. The zero-order valence-corrected chi connectivity index (χ0v) is 16.9. The molecule has 1 aromatic heterocycles. The summed E-state index contributed by atoms with van der Waals surface area (Å²) in [6, 6.07) is 8.61. The second-order valence-corrected chi connectivity index (χ2v) is 6.72. The van der Waals surface area contributed by atoms with Crippen LogP contribution in [0.15, 0.2) is 39.5 Å². The highest BCUT2D eigenvalue weighted by Crippen LogP contribution is 2.37. The van der Waals surface area contributed by atoms with E-state index in [0.717, 1.165) is 11.1 Å². The Morgan fingerprint density at radius 3 is 2.38 bits per heavy atom. The van der Waals surface area contributed by atoms with Gasteiger partial charge in [0.15, 0.2) is 23.4 Å². The van der Waals surface area contributed by atoms with E-state index in [0.29, 0.717) is 28.0 Å². The molecule has 1 atom stereocenters. The number of carboxylic acid groups (broad SMARTS) is 1. The number of aliphatic carboxylic acids is 1. The van der Waals surface area contributed by atoms with E-state index in [1.807, 2.05) is 19.9 Å². The molecule has 0 bridgehead atoms. The number of hydrogen-bond donors (Lipinski definition) is 1. The third-order valence-electron chi connectivity index (χ3n) is 4.57. The van der Waals surface area contributed by atoms with Gasteiger partial charge in [0, 0.05) is 5.56 Å². The van der Waals surface area contributed by atoms with E-state index in [2.05, 4.69) is 0 Å². The number of fused-ring (bicyclic) bond motifs is 1. The number of methoxy groups -OCH3 is 2. The maximum absolute atomic E-state index is 13.2. The molecule has 1 N–H and O–H groups in total. The van der Waals surface area contributed by atoms with E-state index in [-0.39, 0.29) is 11.5 Å². The highest BCUT2D eigenvalue weighted by atomic mass is 16.5. The fourth-order valence-corrected chi connectivity index (χ4v) is 3.13. The molecule has 152 valence electrons. The monoisotopic (exact) mass is 398 g/mol. The van der Waals surface area contributed by atoms with Crippen LogP contribution in [0.25, 0.3) is 22.3 Å². The lowest BCUT2D eigenvalue weighted by Crippen LogP contribution is -2.26. The molecule has 29 heavy (non-hydrogen) atoms. The molecule has 7 nitrogen and oxygen atoms in total.